The predicted octanol–water partition coefficient (Wildman–Crippen LogP) is 1.74. The number of hydrogen-bond donors (Lipinski definition) is 0. The first-order chi connectivity index (χ1) is 18.3. The predicted molar refractivity (Wildman–Crippen MR) is 150 cm³/mol. The fraction of sp³-hybridized carbons (Fsp3) is 0.355. The summed E-state index contributed by atoms with van der Waals surface area (Å²) in [6.45, 7) is 9.70. The van der Waals surface area contributed by atoms with Gasteiger partial charge in [-0.2, -0.15) is 13.2 Å². The van der Waals surface area contributed by atoms with Gasteiger partial charge in [-0.1, -0.05) is 37.4 Å². The molecule has 3 aromatic rings. The number of halogens is 3. The molecule has 0 atom stereocenters. The summed E-state index contributed by atoms with van der Waals surface area (Å²) in [4.78, 5) is 11.2. The lowest BCUT2D eigenvalue weighted by molar-refractivity contribution is -0.344. The minimum Gasteiger partial charge on any atom is -0.542 e. The van der Waals surface area contributed by atoms with E-state index in [4.69, 9.17) is 9.90 Å². The Labute approximate surface area is 227 Å². The van der Waals surface area contributed by atoms with Gasteiger partial charge in [0.2, 0.25) is 5.36 Å². The quantitative estimate of drug-likeness (QED) is 0.343. The molecule has 3 heterocycles. The van der Waals surface area contributed by atoms with Crippen LogP contribution in [0.5, 0.6) is 0 Å². The number of likely N-dealkylation sites (N-methyl/N-ethyl adjacent to an activating group) is 1. The first-order valence-corrected chi connectivity index (χ1v) is 16.3. The number of alkyl halides is 3. The van der Waals surface area contributed by atoms with E-state index in [-0.39, 0.29) is 0 Å². The number of anilines is 1. The molecule has 39 heavy (non-hydrogen) atoms. The van der Waals surface area contributed by atoms with E-state index in [1.807, 2.05) is 0 Å². The Morgan fingerprint density at radius 1 is 1.00 bits per heavy atom. The number of carbonyl (C=O) groups excluding carboxylic acids is 1. The fourth-order valence-corrected chi connectivity index (χ4v) is 9.32. The van der Waals surface area contributed by atoms with Crippen molar-refractivity contribution in [2.45, 2.75) is 45.5 Å². The van der Waals surface area contributed by atoms with Crippen molar-refractivity contribution in [3.8, 4) is 0 Å². The number of hydrogen-bond acceptors (Lipinski definition) is 3. The molecule has 8 heteroatoms. The molecule has 6 rings (SSSR count). The van der Waals surface area contributed by atoms with Crippen LogP contribution in [0.3, 0.4) is 0 Å². The number of aryl methyl sites for hydroxylation is 2. The van der Waals surface area contributed by atoms with Gasteiger partial charge in [0.05, 0.1) is 0 Å². The highest BCUT2D eigenvalue weighted by atomic mass is 28.3. The van der Waals surface area contributed by atoms with Crippen molar-refractivity contribution in [2.24, 2.45) is 0 Å². The molecule has 0 unspecified atom stereocenters. The topological polar surface area (TPSA) is 46.4 Å². The van der Waals surface area contributed by atoms with Gasteiger partial charge in [0, 0.05) is 37.3 Å². The highest BCUT2D eigenvalue weighted by molar-refractivity contribution is 7.01. The fourth-order valence-electron chi connectivity index (χ4n) is 6.29. The van der Waals surface area contributed by atoms with Crippen molar-refractivity contribution in [2.75, 3.05) is 32.1 Å². The standard InChI is InChI=1S/C29H33N2Si.C2HF3O2/c1-19-9-6-7-11-22(19)29-23-15-20-10-8-13-30(2)25(20)17-27(23)32(4,5)28-18-26-21(16-24(28)29)12-14-31(26)3;3-2(4,5)1(6)7/h6-7,9,11,15-18H,8,10,12-14H2,1-5H3;(H,6,7)/q+1;/p-1. The number of rotatable bonds is 1. The first-order valence-electron chi connectivity index (χ1n) is 13.3. The Bertz CT molecular complexity index is 1630. The summed E-state index contributed by atoms with van der Waals surface area (Å²) in [5.41, 5.74) is 10.2. The molecular formula is C31H33F3N2O2Si. The summed E-state index contributed by atoms with van der Waals surface area (Å²) in [6, 6.07) is 19.2. The molecule has 204 valence electrons. The molecule has 0 amide bonds. The van der Waals surface area contributed by atoms with Gasteiger partial charge in [-0.05, 0) is 81.4 Å². The number of nitrogens with zero attached hydrogens (tertiary/aromatic N) is 2. The molecule has 0 saturated carbocycles. The highest BCUT2D eigenvalue weighted by Crippen LogP contribution is 2.33. The van der Waals surface area contributed by atoms with Gasteiger partial charge in [-0.3, -0.25) is 0 Å². The van der Waals surface area contributed by atoms with Crippen molar-refractivity contribution in [1.29, 1.82) is 0 Å². The largest absolute Gasteiger partial charge is 0.542 e. The molecule has 0 N–H and O–H groups in total. The van der Waals surface area contributed by atoms with Crippen molar-refractivity contribution in [3.05, 3.63) is 86.9 Å². The maximum absolute atomic E-state index is 10.5. The summed E-state index contributed by atoms with van der Waals surface area (Å²) >= 11 is 0. The third kappa shape index (κ3) is 4.69. The Hall–Kier alpha value is -3.39. The van der Waals surface area contributed by atoms with Crippen LogP contribution in [0.2, 0.25) is 13.1 Å². The molecule has 0 aromatic heterocycles. The van der Waals surface area contributed by atoms with Crippen molar-refractivity contribution in [1.82, 2.24) is 4.58 Å². The number of aliphatic carboxylic acids is 1. The average molecular weight is 551 g/mol. The molecule has 0 radical (unpaired) electrons. The Morgan fingerprint density at radius 3 is 2.36 bits per heavy atom. The van der Waals surface area contributed by atoms with Crippen LogP contribution in [0.4, 0.5) is 18.9 Å². The summed E-state index contributed by atoms with van der Waals surface area (Å²) in [6.07, 6.45) is -1.60. The van der Waals surface area contributed by atoms with Gasteiger partial charge >= 0.3 is 6.18 Å². The number of carboxylic acids is 1. The third-order valence-corrected chi connectivity index (χ3v) is 12.0. The van der Waals surface area contributed by atoms with Gasteiger partial charge < -0.3 is 14.8 Å². The highest BCUT2D eigenvalue weighted by Gasteiger charge is 2.38. The lowest BCUT2D eigenvalue weighted by Crippen LogP contribution is -2.64. The molecule has 3 aliphatic heterocycles. The number of fused-ring (bicyclic) bond motifs is 4. The Balaban J connectivity index is 0.000000392. The van der Waals surface area contributed by atoms with E-state index in [2.05, 4.69) is 92.1 Å². The molecule has 0 fully saturated rings. The van der Waals surface area contributed by atoms with E-state index in [9.17, 15) is 13.2 Å². The SMILES string of the molecule is Cc1ccccc1C1=c2cc3c(cc2[Si](C)(C)c2cc4c(cc21)CCN4C)=[N+](C)CCC3.O=C([O-])C(F)(F)F. The smallest absolute Gasteiger partial charge is 0.430 e. The van der Waals surface area contributed by atoms with Crippen LogP contribution < -0.4 is 35.5 Å². The average Bonchev–Trinajstić information content (AvgIpc) is 3.23. The molecule has 4 nitrogen and oxygen atoms in total. The zero-order valence-electron chi connectivity index (χ0n) is 23.0. The van der Waals surface area contributed by atoms with Crippen molar-refractivity contribution in [3.63, 3.8) is 0 Å². The summed E-state index contributed by atoms with van der Waals surface area (Å²) < 4.78 is 34.0. The summed E-state index contributed by atoms with van der Waals surface area (Å²) in [7, 11) is 2.66. The third-order valence-electron chi connectivity index (χ3n) is 8.45. The maximum atomic E-state index is 10.5. The van der Waals surface area contributed by atoms with E-state index in [0.29, 0.717) is 0 Å². The first kappa shape index (κ1) is 27.2. The number of benzene rings is 3. The van der Waals surface area contributed by atoms with E-state index in [1.54, 1.807) is 10.4 Å². The maximum Gasteiger partial charge on any atom is 0.430 e. The second kappa shape index (κ2) is 9.66. The minimum atomic E-state index is -5.19. The summed E-state index contributed by atoms with van der Waals surface area (Å²) in [5, 5.41) is 15.0. The lowest BCUT2D eigenvalue weighted by atomic mass is 9.89. The lowest BCUT2D eigenvalue weighted by Gasteiger charge is -2.34. The number of carboxylic acid groups (broad SMARTS) is 1. The summed E-state index contributed by atoms with van der Waals surface area (Å²) in [5.74, 6) is -3.01. The van der Waals surface area contributed by atoms with Gasteiger partial charge in [0.1, 0.15) is 27.6 Å². The molecular weight excluding hydrogens is 517 g/mol. The zero-order chi connectivity index (χ0) is 28.3. The zero-order valence-corrected chi connectivity index (χ0v) is 24.0. The van der Waals surface area contributed by atoms with E-state index in [1.165, 1.54) is 62.5 Å². The van der Waals surface area contributed by atoms with Crippen LogP contribution in [0.25, 0.3) is 5.57 Å². The normalized spacial score (nSPS) is 17.0. The second-order valence-corrected chi connectivity index (χ2v) is 15.7. The van der Waals surface area contributed by atoms with Gasteiger partial charge in [-0.25, -0.2) is 4.58 Å². The van der Waals surface area contributed by atoms with Gasteiger partial charge in [-0.15, -0.1) is 0 Å². The van der Waals surface area contributed by atoms with E-state index in [0.717, 1.165) is 19.5 Å². The van der Waals surface area contributed by atoms with Crippen LogP contribution in [-0.4, -0.2) is 47.4 Å². The van der Waals surface area contributed by atoms with E-state index < -0.39 is 20.2 Å². The van der Waals surface area contributed by atoms with E-state index >= 15 is 0 Å². The molecule has 0 saturated heterocycles. The van der Waals surface area contributed by atoms with Crippen LogP contribution in [0.15, 0.2) is 48.5 Å². The number of carbonyl (C=O) groups is 1. The van der Waals surface area contributed by atoms with Crippen LogP contribution in [0, 0.1) is 6.92 Å². The van der Waals surface area contributed by atoms with Crippen LogP contribution in [0.1, 0.15) is 34.2 Å². The van der Waals surface area contributed by atoms with Crippen molar-refractivity contribution >= 4 is 35.7 Å². The van der Waals surface area contributed by atoms with Crippen LogP contribution >= 0.6 is 0 Å². The van der Waals surface area contributed by atoms with Crippen LogP contribution in [-0.2, 0) is 17.6 Å². The minimum absolute atomic E-state index is 1.13. The monoisotopic (exact) mass is 550 g/mol. The Morgan fingerprint density at radius 2 is 1.69 bits per heavy atom. The molecule has 0 spiro atoms. The molecule has 3 aliphatic rings. The molecule has 0 aliphatic carbocycles. The Kier molecular flexibility index (Phi) is 6.73. The van der Waals surface area contributed by atoms with Gasteiger partial charge in [0.15, 0.2) is 0 Å². The molecule has 0 bridgehead atoms. The van der Waals surface area contributed by atoms with Gasteiger partial charge in [0.25, 0.3) is 0 Å². The second-order valence-electron chi connectivity index (χ2n) is 11.3. The molecule has 3 aromatic carbocycles. The van der Waals surface area contributed by atoms with Crippen molar-refractivity contribution < 1.29 is 23.1 Å².